The van der Waals surface area contributed by atoms with Crippen LogP contribution in [-0.4, -0.2) is 19.6 Å². The third-order valence-electron chi connectivity index (χ3n) is 11.8. The van der Waals surface area contributed by atoms with Crippen LogP contribution in [0.25, 0.3) is 72.7 Å². The lowest BCUT2D eigenvalue weighted by atomic mass is 9.78. The van der Waals surface area contributed by atoms with Crippen molar-refractivity contribution in [3.05, 3.63) is 168 Å². The maximum absolute atomic E-state index is 12.5. The number of phenols is 1. The number of pyridine rings is 1. The summed E-state index contributed by atoms with van der Waals surface area (Å²) in [4.78, 5) is 10.4. The van der Waals surface area contributed by atoms with Crippen molar-refractivity contribution >= 4 is 11.0 Å². The van der Waals surface area contributed by atoms with E-state index in [0.717, 1.165) is 66.8 Å². The summed E-state index contributed by atoms with van der Waals surface area (Å²) in [5, 5.41) is 12.5. The number of para-hydroxylation sites is 1. The number of fused-ring (bicyclic) bond motifs is 1. The summed E-state index contributed by atoms with van der Waals surface area (Å²) in [5.41, 5.74) is 12.3. The van der Waals surface area contributed by atoms with E-state index in [2.05, 4.69) is 179 Å². The summed E-state index contributed by atoms with van der Waals surface area (Å²) in [6, 6.07) is 35.8. The molecule has 0 spiro atoms. The molecule has 4 nitrogen and oxygen atoms in total. The Morgan fingerprint density at radius 3 is 1.81 bits per heavy atom. The summed E-state index contributed by atoms with van der Waals surface area (Å²) in [7, 11) is 0. The monoisotopic (exact) mass is 821 g/mol. The molecular formula is C58H61N3O. The van der Waals surface area contributed by atoms with E-state index in [4.69, 9.17) is 16.8 Å². The summed E-state index contributed by atoms with van der Waals surface area (Å²) in [6.07, 6.45) is 1.63. The Bertz CT molecular complexity index is 3200. The number of nitrogens with zero attached hydrogens (tertiary/aromatic N) is 3. The van der Waals surface area contributed by atoms with Crippen molar-refractivity contribution in [2.45, 2.75) is 105 Å². The molecule has 0 unspecified atom stereocenters. The first-order valence-corrected chi connectivity index (χ1v) is 21.6. The number of hydrogen-bond acceptors (Lipinski definition) is 3. The van der Waals surface area contributed by atoms with Gasteiger partial charge >= 0.3 is 0 Å². The third-order valence-corrected chi connectivity index (χ3v) is 11.8. The summed E-state index contributed by atoms with van der Waals surface area (Å²) in [5.74, 6) is 0.841. The van der Waals surface area contributed by atoms with Crippen LogP contribution in [0.2, 0.25) is 0 Å². The molecule has 0 atom stereocenters. The average Bonchev–Trinajstić information content (AvgIpc) is 3.66. The first-order chi connectivity index (χ1) is 31.3. The number of aromatic hydroxyl groups is 1. The fraction of sp³-hybridized carbons (Fsp3) is 0.276. The molecule has 0 amide bonds. The molecule has 62 heavy (non-hydrogen) atoms. The number of imidazole rings is 1. The van der Waals surface area contributed by atoms with Crippen LogP contribution in [0.3, 0.4) is 0 Å². The lowest BCUT2D eigenvalue weighted by Crippen LogP contribution is -2.18. The Morgan fingerprint density at radius 2 is 1.15 bits per heavy atom. The maximum atomic E-state index is 12.5. The first kappa shape index (κ1) is 36.4. The molecule has 1 N–H and O–H groups in total. The zero-order valence-corrected chi connectivity index (χ0v) is 38.3. The van der Waals surface area contributed by atoms with Crippen LogP contribution in [0.15, 0.2) is 146 Å². The molecule has 0 fully saturated rings. The van der Waals surface area contributed by atoms with Gasteiger partial charge in [0.2, 0.25) is 0 Å². The van der Waals surface area contributed by atoms with Crippen molar-refractivity contribution in [3.8, 4) is 67.5 Å². The fourth-order valence-corrected chi connectivity index (χ4v) is 8.21. The number of rotatable bonds is 6. The molecule has 0 bridgehead atoms. The predicted molar refractivity (Wildman–Crippen MR) is 263 cm³/mol. The van der Waals surface area contributed by atoms with Crippen molar-refractivity contribution in [3.63, 3.8) is 0 Å². The molecule has 0 saturated heterocycles. The topological polar surface area (TPSA) is 50.9 Å². The van der Waals surface area contributed by atoms with Gasteiger partial charge in [-0.15, -0.1) is 0 Å². The van der Waals surface area contributed by atoms with E-state index in [1.54, 1.807) is 18.3 Å². The number of benzene rings is 6. The normalized spacial score (nSPS) is 13.7. The zero-order valence-electron chi connectivity index (χ0n) is 43.3. The van der Waals surface area contributed by atoms with Crippen molar-refractivity contribution < 1.29 is 12.0 Å². The van der Waals surface area contributed by atoms with Gasteiger partial charge in [0.1, 0.15) is 11.6 Å². The van der Waals surface area contributed by atoms with Crippen LogP contribution in [-0.2, 0) is 21.7 Å². The van der Waals surface area contributed by atoms with Crippen molar-refractivity contribution in [2.24, 2.45) is 0 Å². The van der Waals surface area contributed by atoms with E-state index in [1.807, 2.05) is 6.07 Å². The molecule has 0 aliphatic carbocycles. The second-order valence-electron chi connectivity index (χ2n) is 20.7. The van der Waals surface area contributed by atoms with Crippen molar-refractivity contribution in [1.82, 2.24) is 14.5 Å². The fourth-order valence-electron chi connectivity index (χ4n) is 8.21. The van der Waals surface area contributed by atoms with E-state index < -0.39 is 6.04 Å². The van der Waals surface area contributed by atoms with Gasteiger partial charge in [0.15, 0.2) is 0 Å². The van der Waals surface area contributed by atoms with Gasteiger partial charge in [0.05, 0.1) is 34.8 Å². The Hall–Kier alpha value is -6.26. The second-order valence-corrected chi connectivity index (χ2v) is 20.7. The van der Waals surface area contributed by atoms with Gasteiger partial charge in [-0.05, 0) is 115 Å². The lowest BCUT2D eigenvalue weighted by Gasteiger charge is -2.28. The Labute approximate surface area is 376 Å². The molecule has 8 rings (SSSR count). The van der Waals surface area contributed by atoms with Crippen LogP contribution in [0.5, 0.6) is 5.75 Å². The van der Waals surface area contributed by atoms with E-state index >= 15 is 0 Å². The van der Waals surface area contributed by atoms with Crippen LogP contribution < -0.4 is 0 Å². The Morgan fingerprint density at radius 1 is 0.500 bits per heavy atom. The van der Waals surface area contributed by atoms with Gasteiger partial charge in [0, 0.05) is 22.9 Å². The lowest BCUT2D eigenvalue weighted by molar-refractivity contribution is 0.446. The molecular weight excluding hydrogens is 755 g/mol. The smallest absolute Gasteiger partial charge is 0.149 e. The number of hydrogen-bond donors (Lipinski definition) is 1. The van der Waals surface area contributed by atoms with E-state index in [1.165, 1.54) is 0 Å². The van der Waals surface area contributed by atoms with Gasteiger partial charge in [0.25, 0.3) is 0 Å². The maximum Gasteiger partial charge on any atom is 0.149 e. The van der Waals surface area contributed by atoms with Crippen LogP contribution >= 0.6 is 0 Å². The minimum atomic E-state index is -0.430. The van der Waals surface area contributed by atoms with Crippen molar-refractivity contribution in [2.75, 3.05) is 0 Å². The van der Waals surface area contributed by atoms with Crippen LogP contribution in [0.1, 0.15) is 112 Å². The number of aromatic nitrogens is 3. The largest absolute Gasteiger partial charge is 0.507 e. The average molecular weight is 821 g/mol. The highest BCUT2D eigenvalue weighted by molar-refractivity contribution is 5.97. The van der Waals surface area contributed by atoms with Gasteiger partial charge in [-0.25, -0.2) is 4.98 Å². The summed E-state index contributed by atoms with van der Waals surface area (Å²) >= 11 is 0. The molecule has 2 aromatic heterocycles. The van der Waals surface area contributed by atoms with Gasteiger partial charge in [-0.2, -0.15) is 0 Å². The Balaban J connectivity index is 1.44. The quantitative estimate of drug-likeness (QED) is 0.182. The molecule has 2 heterocycles. The predicted octanol–water partition coefficient (Wildman–Crippen LogP) is 15.7. The van der Waals surface area contributed by atoms with Crippen molar-refractivity contribution in [1.29, 1.82) is 0 Å². The minimum Gasteiger partial charge on any atom is -0.507 e. The van der Waals surface area contributed by atoms with E-state index in [0.29, 0.717) is 22.6 Å². The molecule has 6 aromatic carbocycles. The zero-order chi connectivity index (χ0) is 48.7. The molecule has 8 aromatic rings. The van der Waals surface area contributed by atoms with E-state index in [9.17, 15) is 5.11 Å². The van der Waals surface area contributed by atoms with E-state index in [-0.39, 0.29) is 57.1 Å². The third kappa shape index (κ3) is 8.23. The minimum absolute atomic E-state index is 0.129. The first-order valence-electron chi connectivity index (χ1n) is 24.1. The molecule has 0 aliphatic heterocycles. The van der Waals surface area contributed by atoms with Gasteiger partial charge < -0.3 is 5.11 Å². The van der Waals surface area contributed by atoms with Gasteiger partial charge in [-0.1, -0.05) is 174 Å². The molecule has 0 saturated carbocycles. The highest BCUT2D eigenvalue weighted by atomic mass is 16.3. The summed E-state index contributed by atoms with van der Waals surface area (Å²) in [6.45, 7) is 26.2. The Kier molecular flexibility index (Phi) is 9.15. The van der Waals surface area contributed by atoms with Crippen LogP contribution in [0.4, 0.5) is 0 Å². The number of phenolic OH excluding ortho intramolecular Hbond substituents is 1. The molecule has 4 heteroatoms. The molecule has 314 valence electrons. The SMILES string of the molecule is [2H]c1c([2H])c([2H])c(-c2ccnc(-c3cc(-c4cccc5c4nc(-c4cc(C(C)(C)C)cc(C(C)(C)C)c4O)n5-c4ccc(-c5ccccc5)cc4C(C)(C)C)cc(C(C)(C)C)c3)c2)c([2H])c1[2H]. The molecule has 0 radical (unpaired) electrons. The van der Waals surface area contributed by atoms with Crippen LogP contribution in [0, 0.1) is 0 Å². The highest BCUT2D eigenvalue weighted by Gasteiger charge is 2.30. The summed E-state index contributed by atoms with van der Waals surface area (Å²) < 4.78 is 44.5. The van der Waals surface area contributed by atoms with Gasteiger partial charge in [-0.3, -0.25) is 9.55 Å². The highest BCUT2D eigenvalue weighted by Crippen LogP contribution is 2.46. The standard InChI is InChI=1S/C58H61N3O/c1-55(2,3)43-31-41(30-42(32-43)49-34-40(28-29-59-49)38-22-17-14-18-23-38)45-24-19-25-51-52(45)60-54(46-35-44(56(4,5)6)36-48(53(46)62)58(10,11)12)61(51)50-27-26-39(33-47(50)57(7,8)9)37-20-15-13-16-21-37/h13-36,62H,1-12H3/i14D,17D,18D,22D,23D. The molecule has 0 aliphatic rings. The second kappa shape index (κ2) is 15.6.